The second-order valence-corrected chi connectivity index (χ2v) is 8.63. The van der Waals surface area contributed by atoms with Crippen molar-refractivity contribution >= 4 is 5.78 Å². The molecule has 0 atom stereocenters. The number of benzene rings is 2. The normalized spacial score (nSPS) is 19.0. The monoisotopic (exact) mass is 410 g/mol. The smallest absolute Gasteiger partial charge is 0.159 e. The van der Waals surface area contributed by atoms with Crippen LogP contribution in [0.2, 0.25) is 0 Å². The van der Waals surface area contributed by atoms with E-state index in [2.05, 4.69) is 13.0 Å². The average Bonchev–Trinajstić information content (AvgIpc) is 2.76. The first-order valence-corrected chi connectivity index (χ1v) is 11.6. The lowest BCUT2D eigenvalue weighted by molar-refractivity contribution is 0.0226. The summed E-state index contributed by atoms with van der Waals surface area (Å²) in [6, 6.07) is 12.8. The molecule has 0 amide bonds. The maximum Gasteiger partial charge on any atom is 0.159 e. The van der Waals surface area contributed by atoms with E-state index in [0.29, 0.717) is 23.1 Å². The Morgan fingerprint density at radius 2 is 1.67 bits per heavy atom. The molecule has 30 heavy (non-hydrogen) atoms. The van der Waals surface area contributed by atoms with Crippen LogP contribution in [0.5, 0.6) is 0 Å². The number of ether oxygens (including phenoxy) is 1. The molecule has 3 rings (SSSR count). The van der Waals surface area contributed by atoms with Crippen LogP contribution in [0.1, 0.15) is 93.5 Å². The topological polar surface area (TPSA) is 26.3 Å². The van der Waals surface area contributed by atoms with Crippen molar-refractivity contribution in [2.45, 2.75) is 83.7 Å². The lowest BCUT2D eigenvalue weighted by atomic mass is 9.82. The molecule has 1 saturated carbocycles. The van der Waals surface area contributed by atoms with Crippen molar-refractivity contribution in [1.82, 2.24) is 0 Å². The molecule has 0 aromatic heterocycles. The molecule has 162 valence electrons. The van der Waals surface area contributed by atoms with Gasteiger partial charge in [0.15, 0.2) is 5.78 Å². The summed E-state index contributed by atoms with van der Waals surface area (Å²) in [5, 5.41) is 0. The molecule has 0 unspecified atom stereocenters. The van der Waals surface area contributed by atoms with Crippen LogP contribution in [0, 0.1) is 5.82 Å². The number of halogens is 1. The summed E-state index contributed by atoms with van der Waals surface area (Å²) in [7, 11) is 0. The summed E-state index contributed by atoms with van der Waals surface area (Å²) in [4.78, 5) is 11.4. The molecule has 0 spiro atoms. The maximum absolute atomic E-state index is 14.8. The summed E-state index contributed by atoms with van der Waals surface area (Å²) < 4.78 is 20.9. The Balaban J connectivity index is 1.50. The zero-order valence-electron chi connectivity index (χ0n) is 18.5. The van der Waals surface area contributed by atoms with Gasteiger partial charge in [-0.05, 0) is 62.1 Å². The zero-order chi connectivity index (χ0) is 21.3. The van der Waals surface area contributed by atoms with Gasteiger partial charge in [-0.1, -0.05) is 69.0 Å². The van der Waals surface area contributed by atoms with Crippen LogP contribution in [0.3, 0.4) is 0 Å². The molecule has 2 aromatic carbocycles. The second-order valence-electron chi connectivity index (χ2n) is 8.63. The minimum absolute atomic E-state index is 0.0217. The third-order valence-corrected chi connectivity index (χ3v) is 6.34. The van der Waals surface area contributed by atoms with E-state index in [0.717, 1.165) is 43.4 Å². The number of hydrogen-bond donors (Lipinski definition) is 0. The summed E-state index contributed by atoms with van der Waals surface area (Å²) in [6.45, 7) is 4.66. The van der Waals surface area contributed by atoms with Gasteiger partial charge in [-0.15, -0.1) is 0 Å². The summed E-state index contributed by atoms with van der Waals surface area (Å²) >= 11 is 0. The number of carbonyl (C=O) groups is 1. The number of Topliss-reactive ketones (excluding diaryl/α,β-unsaturated/α-hetero) is 1. The number of hydrogen-bond acceptors (Lipinski definition) is 2. The van der Waals surface area contributed by atoms with Crippen molar-refractivity contribution in [3.8, 4) is 11.1 Å². The number of carbonyl (C=O) groups excluding carboxylic acids is 1. The van der Waals surface area contributed by atoms with Crippen molar-refractivity contribution in [2.75, 3.05) is 6.61 Å². The van der Waals surface area contributed by atoms with E-state index < -0.39 is 0 Å². The van der Waals surface area contributed by atoms with Crippen LogP contribution in [0.15, 0.2) is 42.5 Å². The molecule has 0 heterocycles. The first kappa shape index (κ1) is 22.7. The summed E-state index contributed by atoms with van der Waals surface area (Å²) in [6.07, 6.45) is 11.0. The van der Waals surface area contributed by atoms with E-state index in [1.165, 1.54) is 39.0 Å². The van der Waals surface area contributed by atoms with Gasteiger partial charge in [0.25, 0.3) is 0 Å². The number of unbranched alkanes of at least 4 members (excludes halogenated alkanes) is 4. The summed E-state index contributed by atoms with van der Waals surface area (Å²) in [5.41, 5.74) is 3.14. The molecule has 0 radical (unpaired) electrons. The minimum Gasteiger partial charge on any atom is -0.378 e. The predicted molar refractivity (Wildman–Crippen MR) is 122 cm³/mol. The van der Waals surface area contributed by atoms with Crippen LogP contribution in [-0.4, -0.2) is 18.5 Å². The molecule has 0 aliphatic heterocycles. The van der Waals surface area contributed by atoms with Gasteiger partial charge >= 0.3 is 0 Å². The van der Waals surface area contributed by atoms with E-state index in [9.17, 15) is 9.18 Å². The van der Waals surface area contributed by atoms with Crippen molar-refractivity contribution in [1.29, 1.82) is 0 Å². The third-order valence-electron chi connectivity index (χ3n) is 6.34. The van der Waals surface area contributed by atoms with Crippen LogP contribution in [-0.2, 0) is 4.74 Å². The van der Waals surface area contributed by atoms with Crippen LogP contribution in [0.4, 0.5) is 4.39 Å². The van der Waals surface area contributed by atoms with Crippen LogP contribution in [0.25, 0.3) is 11.1 Å². The Bertz CT molecular complexity index is 804. The molecule has 0 bridgehead atoms. The highest BCUT2D eigenvalue weighted by Gasteiger charge is 2.23. The Labute approximate surface area is 180 Å². The number of ketones is 1. The molecular weight excluding hydrogens is 375 g/mol. The fraction of sp³-hybridized carbons (Fsp3) is 0.519. The minimum atomic E-state index is -0.187. The molecule has 1 fully saturated rings. The lowest BCUT2D eigenvalue weighted by Gasteiger charge is -2.29. The van der Waals surface area contributed by atoms with E-state index in [-0.39, 0.29) is 11.6 Å². The fourth-order valence-corrected chi connectivity index (χ4v) is 4.42. The SMILES string of the molecule is CCCCCCCOC1CCC(c2ccc(-c3ccc(C(C)=O)cc3)c(F)c2)CC1. The highest BCUT2D eigenvalue weighted by atomic mass is 19.1. The first-order chi connectivity index (χ1) is 14.6. The average molecular weight is 411 g/mol. The van der Waals surface area contributed by atoms with Gasteiger partial charge in [0.1, 0.15) is 5.82 Å². The van der Waals surface area contributed by atoms with Crippen molar-refractivity contribution in [3.05, 3.63) is 59.4 Å². The third kappa shape index (κ3) is 6.25. The van der Waals surface area contributed by atoms with Gasteiger partial charge in [0.05, 0.1) is 6.10 Å². The Morgan fingerprint density at radius 3 is 2.30 bits per heavy atom. The van der Waals surface area contributed by atoms with Crippen LogP contribution < -0.4 is 0 Å². The molecule has 3 heteroatoms. The largest absolute Gasteiger partial charge is 0.378 e. The second kappa shape index (κ2) is 11.4. The highest BCUT2D eigenvalue weighted by Crippen LogP contribution is 2.36. The molecular formula is C27H35FO2. The molecule has 0 N–H and O–H groups in total. The van der Waals surface area contributed by atoms with Gasteiger partial charge in [-0.25, -0.2) is 4.39 Å². The fourth-order valence-electron chi connectivity index (χ4n) is 4.42. The van der Waals surface area contributed by atoms with Crippen molar-refractivity contribution in [3.63, 3.8) is 0 Å². The standard InChI is InChI=1S/C27H35FO2/c1-3-4-5-6-7-18-30-25-15-12-22(13-16-25)24-14-17-26(27(28)19-24)23-10-8-21(9-11-23)20(2)29/h8-11,14,17,19,22,25H,3-7,12-13,15-16,18H2,1-2H3. The van der Waals surface area contributed by atoms with E-state index in [1.807, 2.05) is 18.2 Å². The number of rotatable bonds is 10. The molecule has 2 aromatic rings. The van der Waals surface area contributed by atoms with E-state index in [1.54, 1.807) is 18.2 Å². The summed E-state index contributed by atoms with van der Waals surface area (Å²) in [5.74, 6) is 0.250. The Kier molecular flexibility index (Phi) is 8.62. The Morgan fingerprint density at radius 1 is 0.967 bits per heavy atom. The van der Waals surface area contributed by atoms with E-state index in [4.69, 9.17) is 4.74 Å². The molecule has 1 aliphatic rings. The molecule has 0 saturated heterocycles. The maximum atomic E-state index is 14.8. The van der Waals surface area contributed by atoms with Gasteiger partial charge < -0.3 is 4.74 Å². The van der Waals surface area contributed by atoms with Crippen LogP contribution >= 0.6 is 0 Å². The zero-order valence-corrected chi connectivity index (χ0v) is 18.5. The van der Waals surface area contributed by atoms with E-state index >= 15 is 0 Å². The Hall–Kier alpha value is -2.00. The van der Waals surface area contributed by atoms with Gasteiger partial charge in [0, 0.05) is 17.7 Å². The van der Waals surface area contributed by atoms with Gasteiger partial charge in [-0.3, -0.25) is 4.79 Å². The quantitative estimate of drug-likeness (QED) is 0.296. The molecule has 2 nitrogen and oxygen atoms in total. The van der Waals surface area contributed by atoms with Gasteiger partial charge in [0.2, 0.25) is 0 Å². The van der Waals surface area contributed by atoms with Crippen molar-refractivity contribution < 1.29 is 13.9 Å². The highest BCUT2D eigenvalue weighted by molar-refractivity contribution is 5.94. The molecule has 1 aliphatic carbocycles. The van der Waals surface area contributed by atoms with Crippen molar-refractivity contribution in [2.24, 2.45) is 0 Å². The first-order valence-electron chi connectivity index (χ1n) is 11.6. The lowest BCUT2D eigenvalue weighted by Crippen LogP contribution is -2.21. The van der Waals surface area contributed by atoms with Gasteiger partial charge in [-0.2, -0.15) is 0 Å². The predicted octanol–water partition coefficient (Wildman–Crippen LogP) is 7.71.